The van der Waals surface area contributed by atoms with E-state index in [2.05, 4.69) is 79.7 Å². The van der Waals surface area contributed by atoms with E-state index in [1.54, 1.807) is 0 Å². The molecule has 0 bridgehead atoms. The Kier molecular flexibility index (Phi) is 6.74. The molecule has 0 saturated carbocycles. The Hall–Kier alpha value is -1.47. The average molecular weight is 401 g/mol. The fraction of sp³-hybridized carbons (Fsp3) is 0.143. The summed E-state index contributed by atoms with van der Waals surface area (Å²) >= 11 is 0. The van der Waals surface area contributed by atoms with E-state index in [9.17, 15) is 5.11 Å². The lowest BCUT2D eigenvalue weighted by Gasteiger charge is -2.31. The minimum Gasteiger partial charge on any atom is -1.00 e. The predicted molar refractivity (Wildman–Crippen MR) is 101 cm³/mol. The van der Waals surface area contributed by atoms with Crippen molar-refractivity contribution >= 4 is 23.2 Å². The maximum absolute atomic E-state index is 11.2. The van der Waals surface area contributed by atoms with Crippen molar-refractivity contribution in [2.75, 3.05) is 0 Å². The molecule has 124 valence electrons. The molecule has 3 rings (SSSR count). The van der Waals surface area contributed by atoms with Crippen LogP contribution in [0.2, 0.25) is 0 Å². The van der Waals surface area contributed by atoms with Gasteiger partial charge in [0.05, 0.1) is 0 Å². The zero-order valence-corrected chi connectivity index (χ0v) is 16.2. The molecule has 1 N–H and O–H groups in total. The lowest BCUT2D eigenvalue weighted by Crippen LogP contribution is -3.00. The van der Waals surface area contributed by atoms with Crippen LogP contribution in [0.15, 0.2) is 91.0 Å². The summed E-state index contributed by atoms with van der Waals surface area (Å²) in [6.07, 6.45) is 0.729. The highest BCUT2D eigenvalue weighted by atomic mass is 79.9. The summed E-state index contributed by atoms with van der Waals surface area (Å²) in [5.41, 5.74) is 0. The van der Waals surface area contributed by atoms with E-state index in [-0.39, 0.29) is 17.0 Å². The molecule has 0 aliphatic rings. The van der Waals surface area contributed by atoms with Gasteiger partial charge in [-0.25, -0.2) is 0 Å². The van der Waals surface area contributed by atoms with Crippen molar-refractivity contribution in [3.8, 4) is 0 Å². The zero-order chi connectivity index (χ0) is 16.1. The van der Waals surface area contributed by atoms with Gasteiger partial charge in [0.25, 0.3) is 0 Å². The van der Waals surface area contributed by atoms with Crippen LogP contribution < -0.4 is 32.9 Å². The summed E-state index contributed by atoms with van der Waals surface area (Å²) in [6, 6.07) is 31.5. The minimum absolute atomic E-state index is 0. The molecule has 0 fully saturated rings. The zero-order valence-electron chi connectivity index (χ0n) is 13.7. The molecule has 0 saturated heterocycles. The van der Waals surface area contributed by atoms with Crippen LogP contribution in [0.25, 0.3) is 0 Å². The molecule has 1 nitrogen and oxygen atoms in total. The Morgan fingerprint density at radius 3 is 1.21 bits per heavy atom. The molecule has 0 aromatic heterocycles. The van der Waals surface area contributed by atoms with E-state index >= 15 is 0 Å². The van der Waals surface area contributed by atoms with E-state index in [4.69, 9.17) is 0 Å². The van der Waals surface area contributed by atoms with Crippen molar-refractivity contribution < 1.29 is 22.1 Å². The Bertz CT molecular complexity index is 635. The van der Waals surface area contributed by atoms with Crippen LogP contribution in [-0.4, -0.2) is 11.0 Å². The second-order valence-corrected chi connectivity index (χ2v) is 9.21. The van der Waals surface area contributed by atoms with Crippen molar-refractivity contribution in [1.82, 2.24) is 0 Å². The number of hydrogen-bond donors (Lipinski definition) is 1. The summed E-state index contributed by atoms with van der Waals surface area (Å²) in [5.74, 6) is -0.394. The maximum Gasteiger partial charge on any atom is 0.178 e. The van der Waals surface area contributed by atoms with Gasteiger partial charge in [0.2, 0.25) is 0 Å². The number of benzene rings is 3. The third kappa shape index (κ3) is 3.32. The maximum atomic E-state index is 11.2. The second kappa shape index (κ2) is 8.58. The van der Waals surface area contributed by atoms with Gasteiger partial charge in [-0.3, -0.25) is 0 Å². The van der Waals surface area contributed by atoms with Gasteiger partial charge >= 0.3 is 0 Å². The van der Waals surface area contributed by atoms with E-state index in [1.165, 1.54) is 15.9 Å². The van der Waals surface area contributed by atoms with E-state index in [0.717, 1.165) is 6.42 Å². The number of aliphatic hydroxyl groups is 1. The molecule has 0 amide bonds. The quantitative estimate of drug-likeness (QED) is 0.625. The largest absolute Gasteiger partial charge is 1.00 e. The molecule has 0 aliphatic carbocycles. The van der Waals surface area contributed by atoms with Crippen LogP contribution in [0.5, 0.6) is 0 Å². The first-order chi connectivity index (χ1) is 11.3. The third-order valence-corrected chi connectivity index (χ3v) is 8.90. The normalized spacial score (nSPS) is 12.2. The van der Waals surface area contributed by atoms with Gasteiger partial charge in [-0.15, -0.1) is 0 Å². The first-order valence-electron chi connectivity index (χ1n) is 8.03. The Morgan fingerprint density at radius 1 is 0.667 bits per heavy atom. The first-order valence-corrected chi connectivity index (χ1v) is 9.89. The van der Waals surface area contributed by atoms with Gasteiger partial charge in [0.1, 0.15) is 23.2 Å². The molecule has 0 aliphatic heterocycles. The van der Waals surface area contributed by atoms with Gasteiger partial charge in [0, 0.05) is 6.42 Å². The molecule has 0 radical (unpaired) electrons. The Balaban J connectivity index is 0.00000208. The number of aliphatic hydroxyl groups excluding tert-OH is 1. The standard InChI is InChI=1S/C21H22OP.BrH/c1-2-21(22)23(18-12-6-3-7-13-18,19-14-8-4-9-15-19)20-16-10-5-11-17-20;/h3-17,21-22H,2H2,1H3;1H/q+1;/p-1. The number of hydrogen-bond acceptors (Lipinski definition) is 1. The van der Waals surface area contributed by atoms with Crippen LogP contribution in [0.4, 0.5) is 0 Å². The van der Waals surface area contributed by atoms with Crippen LogP contribution in [0.3, 0.4) is 0 Å². The van der Waals surface area contributed by atoms with Crippen molar-refractivity contribution in [3.05, 3.63) is 91.0 Å². The number of rotatable bonds is 5. The Morgan fingerprint density at radius 2 is 0.958 bits per heavy atom. The van der Waals surface area contributed by atoms with Crippen LogP contribution in [0, 0.1) is 0 Å². The van der Waals surface area contributed by atoms with Crippen molar-refractivity contribution in [3.63, 3.8) is 0 Å². The highest BCUT2D eigenvalue weighted by Gasteiger charge is 2.51. The monoisotopic (exact) mass is 400 g/mol. The smallest absolute Gasteiger partial charge is 0.178 e. The van der Waals surface area contributed by atoms with Gasteiger partial charge in [-0.1, -0.05) is 61.5 Å². The summed E-state index contributed by atoms with van der Waals surface area (Å²) in [7, 11) is -2.09. The minimum atomic E-state index is -2.09. The molecule has 3 aromatic carbocycles. The molecule has 1 atom stereocenters. The second-order valence-electron chi connectivity index (χ2n) is 5.62. The average Bonchev–Trinajstić information content (AvgIpc) is 2.65. The van der Waals surface area contributed by atoms with E-state index in [1.807, 2.05) is 18.2 Å². The fourth-order valence-electron chi connectivity index (χ4n) is 3.23. The first kappa shape index (κ1) is 18.9. The van der Waals surface area contributed by atoms with Crippen LogP contribution >= 0.6 is 7.26 Å². The van der Waals surface area contributed by atoms with Crippen LogP contribution in [0.1, 0.15) is 13.3 Å². The molecule has 0 heterocycles. The van der Waals surface area contributed by atoms with E-state index < -0.39 is 13.1 Å². The highest BCUT2D eigenvalue weighted by Crippen LogP contribution is 2.59. The van der Waals surface area contributed by atoms with Crippen molar-refractivity contribution in [2.45, 2.75) is 19.2 Å². The third-order valence-electron chi connectivity index (χ3n) is 4.30. The lowest BCUT2D eigenvalue weighted by molar-refractivity contribution is -0.00000573. The van der Waals surface area contributed by atoms with Gasteiger partial charge in [-0.2, -0.15) is 0 Å². The summed E-state index contributed by atoms with van der Waals surface area (Å²) in [6.45, 7) is 2.06. The van der Waals surface area contributed by atoms with Gasteiger partial charge in [0.15, 0.2) is 5.85 Å². The summed E-state index contributed by atoms with van der Waals surface area (Å²) < 4.78 is 0. The molecule has 3 aromatic rings. The molecule has 3 heteroatoms. The fourth-order valence-corrected chi connectivity index (χ4v) is 7.63. The van der Waals surface area contributed by atoms with E-state index in [0.29, 0.717) is 0 Å². The molecular weight excluding hydrogens is 379 g/mol. The summed E-state index contributed by atoms with van der Waals surface area (Å²) in [5, 5.41) is 14.9. The topological polar surface area (TPSA) is 20.2 Å². The SMILES string of the molecule is CCC(O)[P+](c1ccccc1)(c1ccccc1)c1ccccc1.[Br-]. The van der Waals surface area contributed by atoms with Gasteiger partial charge in [-0.05, 0) is 36.4 Å². The predicted octanol–water partition coefficient (Wildman–Crippen LogP) is 0.713. The molecular formula is C21H22BrOP. The summed E-state index contributed by atoms with van der Waals surface area (Å²) in [4.78, 5) is 0. The number of halogens is 1. The van der Waals surface area contributed by atoms with Gasteiger partial charge < -0.3 is 22.1 Å². The van der Waals surface area contributed by atoms with Crippen LogP contribution in [-0.2, 0) is 0 Å². The Labute approximate surface area is 155 Å². The van der Waals surface area contributed by atoms with Crippen molar-refractivity contribution in [1.29, 1.82) is 0 Å². The molecule has 0 spiro atoms. The lowest BCUT2D eigenvalue weighted by atomic mass is 10.3. The molecule has 24 heavy (non-hydrogen) atoms. The van der Waals surface area contributed by atoms with Crippen molar-refractivity contribution in [2.24, 2.45) is 0 Å². The molecule has 1 unspecified atom stereocenters. The highest BCUT2D eigenvalue weighted by molar-refractivity contribution is 7.96.